The standard InChI is InChI=1S/C23H22O2/c1-17(24)18-9-11-20(12-10-18)23(2,19-7-5-4-6-8-19)21-13-15-22(25-3)16-14-21/h4-16H,1-3H3. The van der Waals surface area contributed by atoms with E-state index in [0.717, 1.165) is 16.9 Å². The highest BCUT2D eigenvalue weighted by Gasteiger charge is 2.31. The highest BCUT2D eigenvalue weighted by atomic mass is 16.5. The van der Waals surface area contributed by atoms with Gasteiger partial charge in [-0.05, 0) is 42.7 Å². The van der Waals surface area contributed by atoms with Crippen molar-refractivity contribution in [3.05, 3.63) is 101 Å². The van der Waals surface area contributed by atoms with Crippen molar-refractivity contribution >= 4 is 5.78 Å². The van der Waals surface area contributed by atoms with Gasteiger partial charge in [-0.1, -0.05) is 66.7 Å². The molecular formula is C23H22O2. The number of carbonyl (C=O) groups is 1. The topological polar surface area (TPSA) is 26.3 Å². The van der Waals surface area contributed by atoms with Gasteiger partial charge in [0.25, 0.3) is 0 Å². The zero-order valence-corrected chi connectivity index (χ0v) is 14.8. The summed E-state index contributed by atoms with van der Waals surface area (Å²) in [6, 6.07) is 26.5. The Morgan fingerprint density at radius 1 is 0.760 bits per heavy atom. The van der Waals surface area contributed by atoms with Crippen LogP contribution in [0, 0.1) is 0 Å². The van der Waals surface area contributed by atoms with Crippen molar-refractivity contribution in [3.63, 3.8) is 0 Å². The summed E-state index contributed by atoms with van der Waals surface area (Å²) in [5.74, 6) is 0.920. The molecule has 0 radical (unpaired) electrons. The summed E-state index contributed by atoms with van der Waals surface area (Å²) < 4.78 is 5.30. The Morgan fingerprint density at radius 3 is 1.72 bits per heavy atom. The van der Waals surface area contributed by atoms with E-state index in [4.69, 9.17) is 4.74 Å². The SMILES string of the molecule is COc1ccc(C(C)(c2ccccc2)c2ccc(C(C)=O)cc2)cc1. The molecule has 0 aliphatic carbocycles. The highest BCUT2D eigenvalue weighted by molar-refractivity contribution is 5.94. The van der Waals surface area contributed by atoms with Crippen LogP contribution in [0.25, 0.3) is 0 Å². The third-order valence-electron chi connectivity index (χ3n) is 4.89. The predicted molar refractivity (Wildman–Crippen MR) is 101 cm³/mol. The molecule has 3 rings (SSSR count). The summed E-state index contributed by atoms with van der Waals surface area (Å²) in [5.41, 5.74) is 3.94. The first-order chi connectivity index (χ1) is 12.1. The molecule has 2 nitrogen and oxygen atoms in total. The summed E-state index contributed by atoms with van der Waals surface area (Å²) in [6.45, 7) is 3.81. The first kappa shape index (κ1) is 17.0. The lowest BCUT2D eigenvalue weighted by atomic mass is 9.71. The van der Waals surface area contributed by atoms with Gasteiger partial charge >= 0.3 is 0 Å². The van der Waals surface area contributed by atoms with Crippen molar-refractivity contribution in [3.8, 4) is 5.75 Å². The van der Waals surface area contributed by atoms with E-state index < -0.39 is 0 Å². The largest absolute Gasteiger partial charge is 0.497 e. The van der Waals surface area contributed by atoms with Crippen LogP contribution < -0.4 is 4.74 Å². The van der Waals surface area contributed by atoms with Gasteiger partial charge in [0.15, 0.2) is 5.78 Å². The van der Waals surface area contributed by atoms with Gasteiger partial charge in [0.2, 0.25) is 0 Å². The van der Waals surface area contributed by atoms with Gasteiger partial charge < -0.3 is 4.74 Å². The number of hydrogen-bond donors (Lipinski definition) is 0. The van der Waals surface area contributed by atoms with E-state index in [2.05, 4.69) is 43.3 Å². The van der Waals surface area contributed by atoms with Crippen LogP contribution in [0.3, 0.4) is 0 Å². The summed E-state index contributed by atoms with van der Waals surface area (Å²) >= 11 is 0. The van der Waals surface area contributed by atoms with E-state index in [1.54, 1.807) is 14.0 Å². The Morgan fingerprint density at radius 2 is 1.24 bits per heavy atom. The normalized spacial score (nSPS) is 13.1. The molecule has 0 N–H and O–H groups in total. The lowest BCUT2D eigenvalue weighted by Gasteiger charge is -2.32. The van der Waals surface area contributed by atoms with Gasteiger partial charge in [0, 0.05) is 11.0 Å². The molecule has 3 aromatic rings. The van der Waals surface area contributed by atoms with Crippen molar-refractivity contribution in [2.75, 3.05) is 7.11 Å². The number of ketones is 1. The molecule has 0 aliphatic heterocycles. The predicted octanol–water partition coefficient (Wildman–Crippen LogP) is 5.25. The van der Waals surface area contributed by atoms with Gasteiger partial charge in [-0.25, -0.2) is 0 Å². The van der Waals surface area contributed by atoms with E-state index in [9.17, 15) is 4.79 Å². The third-order valence-corrected chi connectivity index (χ3v) is 4.89. The monoisotopic (exact) mass is 330 g/mol. The van der Waals surface area contributed by atoms with Crippen molar-refractivity contribution < 1.29 is 9.53 Å². The average molecular weight is 330 g/mol. The molecule has 0 aromatic heterocycles. The van der Waals surface area contributed by atoms with Gasteiger partial charge in [-0.3, -0.25) is 4.79 Å². The minimum atomic E-state index is -0.317. The maximum Gasteiger partial charge on any atom is 0.159 e. The summed E-state index contributed by atoms with van der Waals surface area (Å²) in [6.07, 6.45) is 0. The quantitative estimate of drug-likeness (QED) is 0.471. The number of Topliss-reactive ketones (excluding diaryl/α,β-unsaturated/α-hetero) is 1. The molecule has 25 heavy (non-hydrogen) atoms. The second-order valence-corrected chi connectivity index (χ2v) is 6.35. The lowest BCUT2D eigenvalue weighted by Crippen LogP contribution is -2.25. The molecular weight excluding hydrogens is 308 g/mol. The van der Waals surface area contributed by atoms with E-state index in [1.807, 2.05) is 42.5 Å². The number of benzene rings is 3. The number of methoxy groups -OCH3 is 1. The Kier molecular flexibility index (Phi) is 4.71. The Hall–Kier alpha value is -2.87. The first-order valence-electron chi connectivity index (χ1n) is 8.37. The van der Waals surface area contributed by atoms with Crippen LogP contribution in [0.1, 0.15) is 40.9 Å². The molecule has 0 saturated carbocycles. The van der Waals surface area contributed by atoms with Crippen LogP contribution in [0.5, 0.6) is 5.75 Å². The first-order valence-corrected chi connectivity index (χ1v) is 8.37. The van der Waals surface area contributed by atoms with Crippen molar-refractivity contribution in [1.82, 2.24) is 0 Å². The van der Waals surface area contributed by atoms with Crippen molar-refractivity contribution in [2.45, 2.75) is 19.3 Å². The maximum absolute atomic E-state index is 11.6. The molecule has 1 unspecified atom stereocenters. The zero-order chi connectivity index (χ0) is 17.9. The Labute approximate surface area is 149 Å². The van der Waals surface area contributed by atoms with E-state index in [0.29, 0.717) is 0 Å². The smallest absolute Gasteiger partial charge is 0.159 e. The minimum absolute atomic E-state index is 0.0809. The van der Waals surface area contributed by atoms with Gasteiger partial charge in [0.1, 0.15) is 5.75 Å². The fraction of sp³-hybridized carbons (Fsp3) is 0.174. The van der Waals surface area contributed by atoms with Gasteiger partial charge in [0.05, 0.1) is 7.11 Å². The molecule has 0 amide bonds. The van der Waals surface area contributed by atoms with E-state index in [-0.39, 0.29) is 11.2 Å². The van der Waals surface area contributed by atoms with Crippen LogP contribution >= 0.6 is 0 Å². The lowest BCUT2D eigenvalue weighted by molar-refractivity contribution is 0.101. The second-order valence-electron chi connectivity index (χ2n) is 6.35. The second kappa shape index (κ2) is 6.94. The van der Waals surface area contributed by atoms with Crippen LogP contribution in [0.15, 0.2) is 78.9 Å². The molecule has 0 bridgehead atoms. The molecule has 1 atom stereocenters. The summed E-state index contributed by atoms with van der Waals surface area (Å²) in [4.78, 5) is 11.6. The van der Waals surface area contributed by atoms with Crippen LogP contribution in [0.2, 0.25) is 0 Å². The molecule has 0 aliphatic rings. The number of rotatable bonds is 5. The van der Waals surface area contributed by atoms with E-state index in [1.165, 1.54) is 11.1 Å². The minimum Gasteiger partial charge on any atom is -0.497 e. The molecule has 3 aromatic carbocycles. The zero-order valence-electron chi connectivity index (χ0n) is 14.8. The molecule has 2 heteroatoms. The van der Waals surface area contributed by atoms with Gasteiger partial charge in [-0.2, -0.15) is 0 Å². The third kappa shape index (κ3) is 3.20. The average Bonchev–Trinajstić information content (AvgIpc) is 2.68. The van der Waals surface area contributed by atoms with Crippen molar-refractivity contribution in [2.24, 2.45) is 0 Å². The Bertz CT molecular complexity index is 849. The van der Waals surface area contributed by atoms with E-state index >= 15 is 0 Å². The van der Waals surface area contributed by atoms with Crippen LogP contribution in [-0.2, 0) is 5.41 Å². The van der Waals surface area contributed by atoms with Crippen LogP contribution in [-0.4, -0.2) is 12.9 Å². The summed E-state index contributed by atoms with van der Waals surface area (Å²) in [7, 11) is 1.67. The molecule has 0 saturated heterocycles. The molecule has 126 valence electrons. The fourth-order valence-electron chi connectivity index (χ4n) is 3.23. The van der Waals surface area contributed by atoms with Gasteiger partial charge in [-0.15, -0.1) is 0 Å². The number of carbonyl (C=O) groups excluding carboxylic acids is 1. The number of ether oxygens (including phenoxy) is 1. The molecule has 0 spiro atoms. The number of hydrogen-bond acceptors (Lipinski definition) is 2. The Balaban J connectivity index is 2.16. The maximum atomic E-state index is 11.6. The highest BCUT2D eigenvalue weighted by Crippen LogP contribution is 2.39. The van der Waals surface area contributed by atoms with Crippen LogP contribution in [0.4, 0.5) is 0 Å². The fourth-order valence-corrected chi connectivity index (χ4v) is 3.23. The van der Waals surface area contributed by atoms with Crippen molar-refractivity contribution in [1.29, 1.82) is 0 Å². The summed E-state index contributed by atoms with van der Waals surface area (Å²) in [5, 5.41) is 0. The molecule has 0 fully saturated rings. The molecule has 0 heterocycles.